The molecule has 0 spiro atoms. The Morgan fingerprint density at radius 1 is 1.12 bits per heavy atom. The Labute approximate surface area is 211 Å². The number of ether oxygens (including phenoxy) is 3. The van der Waals surface area contributed by atoms with Gasteiger partial charge in [0.15, 0.2) is 17.2 Å². The zero-order valence-electron chi connectivity index (χ0n) is 19.0. The number of carbonyl (C=O) groups is 1. The van der Waals surface area contributed by atoms with Gasteiger partial charge >= 0.3 is 5.97 Å². The van der Waals surface area contributed by atoms with E-state index >= 15 is 0 Å². The van der Waals surface area contributed by atoms with Crippen molar-refractivity contribution in [1.82, 2.24) is 0 Å². The fourth-order valence-electron chi connectivity index (χ4n) is 3.43. The quantitative estimate of drug-likeness (QED) is 0.185. The van der Waals surface area contributed by atoms with Crippen molar-refractivity contribution in [2.45, 2.75) is 26.4 Å². The molecule has 7 heteroatoms. The highest BCUT2D eigenvalue weighted by Crippen LogP contribution is 2.35. The molecule has 174 valence electrons. The van der Waals surface area contributed by atoms with E-state index in [0.717, 1.165) is 9.13 Å². The maximum absolute atomic E-state index is 13.9. The van der Waals surface area contributed by atoms with E-state index in [1.54, 1.807) is 30.3 Å². The zero-order chi connectivity index (χ0) is 24.2. The van der Waals surface area contributed by atoms with Gasteiger partial charge in [0.05, 0.1) is 10.7 Å². The smallest absolute Gasteiger partial charge is 0.363 e. The topological polar surface area (TPSA) is 57.1 Å². The van der Waals surface area contributed by atoms with Crippen molar-refractivity contribution in [3.8, 4) is 11.5 Å². The number of methoxy groups -OCH3 is 1. The lowest BCUT2D eigenvalue weighted by Gasteiger charge is -2.14. The zero-order valence-corrected chi connectivity index (χ0v) is 21.1. The van der Waals surface area contributed by atoms with Crippen LogP contribution in [0.1, 0.15) is 42.0 Å². The van der Waals surface area contributed by atoms with Crippen LogP contribution in [0.2, 0.25) is 0 Å². The van der Waals surface area contributed by atoms with Crippen molar-refractivity contribution in [1.29, 1.82) is 0 Å². The lowest BCUT2D eigenvalue weighted by Crippen LogP contribution is -2.05. The van der Waals surface area contributed by atoms with E-state index in [1.165, 1.54) is 18.7 Å². The number of aliphatic imine (C=N–C) groups is 1. The van der Waals surface area contributed by atoms with E-state index in [9.17, 15) is 9.18 Å². The molecule has 1 heterocycles. The number of halogens is 2. The standard InChI is InChI=1S/C27H23FINO4/c1-16(2)18-8-10-19(11-9-18)26-30-23(27(31)34-26)13-17-12-22(29)25(24(14-17)32-3)33-15-20-6-4-5-7-21(20)28/h4-14,16H,15H2,1-3H3/b23-13-. The predicted molar refractivity (Wildman–Crippen MR) is 138 cm³/mol. The second-order valence-corrected chi connectivity index (χ2v) is 9.19. The van der Waals surface area contributed by atoms with E-state index < -0.39 is 5.97 Å². The van der Waals surface area contributed by atoms with Crippen LogP contribution in [0, 0.1) is 9.39 Å². The third-order valence-electron chi connectivity index (χ3n) is 5.33. The Morgan fingerprint density at radius 2 is 1.85 bits per heavy atom. The van der Waals surface area contributed by atoms with Crippen LogP contribution in [0.15, 0.2) is 71.4 Å². The summed E-state index contributed by atoms with van der Waals surface area (Å²) in [5.74, 6) is 0.806. The van der Waals surface area contributed by atoms with Crippen LogP contribution < -0.4 is 9.47 Å². The highest BCUT2D eigenvalue weighted by Gasteiger charge is 2.24. The van der Waals surface area contributed by atoms with Gasteiger partial charge in [-0.15, -0.1) is 0 Å². The first-order valence-electron chi connectivity index (χ1n) is 10.7. The molecule has 1 aliphatic heterocycles. The summed E-state index contributed by atoms with van der Waals surface area (Å²) in [5, 5.41) is 0. The van der Waals surface area contributed by atoms with E-state index in [1.807, 2.05) is 30.3 Å². The molecule has 3 aromatic carbocycles. The minimum atomic E-state index is -0.517. The number of carbonyl (C=O) groups excluding carboxylic acids is 1. The van der Waals surface area contributed by atoms with Crippen molar-refractivity contribution in [2.75, 3.05) is 7.11 Å². The second kappa shape index (κ2) is 10.4. The maximum atomic E-state index is 13.9. The van der Waals surface area contributed by atoms with Crippen molar-refractivity contribution in [3.05, 3.63) is 98.0 Å². The minimum absolute atomic E-state index is 0.0645. The van der Waals surface area contributed by atoms with Crippen LogP contribution >= 0.6 is 22.6 Å². The molecular weight excluding hydrogens is 548 g/mol. The van der Waals surface area contributed by atoms with Crippen LogP contribution in [0.5, 0.6) is 11.5 Å². The number of rotatable bonds is 7. The highest BCUT2D eigenvalue weighted by atomic mass is 127. The molecular formula is C27H23FINO4. The summed E-state index contributed by atoms with van der Waals surface area (Å²) in [6, 6.07) is 17.8. The first-order chi connectivity index (χ1) is 16.4. The van der Waals surface area contributed by atoms with Crippen LogP contribution in [0.4, 0.5) is 4.39 Å². The van der Waals surface area contributed by atoms with Crippen LogP contribution in [0.25, 0.3) is 6.08 Å². The summed E-state index contributed by atoms with van der Waals surface area (Å²) in [6.45, 7) is 4.30. The lowest BCUT2D eigenvalue weighted by molar-refractivity contribution is -0.129. The fourth-order valence-corrected chi connectivity index (χ4v) is 4.21. The van der Waals surface area contributed by atoms with Crippen molar-refractivity contribution in [3.63, 3.8) is 0 Å². The molecule has 0 unspecified atom stereocenters. The van der Waals surface area contributed by atoms with E-state index in [0.29, 0.717) is 28.5 Å². The summed E-state index contributed by atoms with van der Waals surface area (Å²) < 4.78 is 31.4. The third kappa shape index (κ3) is 5.30. The fraction of sp³-hybridized carbons (Fsp3) is 0.185. The van der Waals surface area contributed by atoms with Gasteiger partial charge in [-0.2, -0.15) is 0 Å². The van der Waals surface area contributed by atoms with E-state index in [4.69, 9.17) is 14.2 Å². The van der Waals surface area contributed by atoms with Gasteiger partial charge in [0.2, 0.25) is 5.90 Å². The number of esters is 1. The predicted octanol–water partition coefficient (Wildman–Crippen LogP) is 6.49. The normalized spacial score (nSPS) is 14.4. The molecule has 4 rings (SSSR count). The van der Waals surface area contributed by atoms with Gasteiger partial charge in [0, 0.05) is 11.1 Å². The number of cyclic esters (lactones) is 1. The monoisotopic (exact) mass is 571 g/mol. The summed E-state index contributed by atoms with van der Waals surface area (Å²) in [7, 11) is 1.53. The molecule has 0 fully saturated rings. The molecule has 0 aromatic heterocycles. The minimum Gasteiger partial charge on any atom is -0.493 e. The Kier molecular flexibility index (Phi) is 7.31. The van der Waals surface area contributed by atoms with Gasteiger partial charge in [0.1, 0.15) is 12.4 Å². The molecule has 1 aliphatic rings. The molecule has 0 aliphatic carbocycles. The summed E-state index contributed by atoms with van der Waals surface area (Å²) in [6.07, 6.45) is 1.64. The van der Waals surface area contributed by atoms with E-state index in [2.05, 4.69) is 41.4 Å². The number of nitrogens with zero attached hydrogens (tertiary/aromatic N) is 1. The maximum Gasteiger partial charge on any atom is 0.363 e. The SMILES string of the molecule is COc1cc(/C=C2\N=C(c3ccc(C(C)C)cc3)OC2=O)cc(I)c1OCc1ccccc1F. The first kappa shape index (κ1) is 23.9. The molecule has 0 N–H and O–H groups in total. The Bertz CT molecular complexity index is 1280. The highest BCUT2D eigenvalue weighted by molar-refractivity contribution is 14.1. The number of hydrogen-bond donors (Lipinski definition) is 0. The van der Waals surface area contributed by atoms with Crippen LogP contribution in [-0.4, -0.2) is 19.0 Å². The molecule has 34 heavy (non-hydrogen) atoms. The average Bonchev–Trinajstić information content (AvgIpc) is 3.19. The third-order valence-corrected chi connectivity index (χ3v) is 6.13. The van der Waals surface area contributed by atoms with Gasteiger partial charge in [-0.25, -0.2) is 14.2 Å². The molecule has 5 nitrogen and oxygen atoms in total. The molecule has 0 amide bonds. The summed E-state index contributed by atoms with van der Waals surface area (Å²) in [4.78, 5) is 16.8. The van der Waals surface area contributed by atoms with Gasteiger partial charge in [0.25, 0.3) is 0 Å². The number of hydrogen-bond acceptors (Lipinski definition) is 5. The summed E-state index contributed by atoms with van der Waals surface area (Å²) in [5.41, 5.74) is 3.28. The number of benzene rings is 3. The van der Waals surface area contributed by atoms with Crippen molar-refractivity contribution in [2.24, 2.45) is 4.99 Å². The molecule has 3 aromatic rings. The van der Waals surface area contributed by atoms with Crippen LogP contribution in [0.3, 0.4) is 0 Å². The molecule has 0 saturated carbocycles. The Hall–Kier alpha value is -3.20. The molecule has 0 bridgehead atoms. The second-order valence-electron chi connectivity index (χ2n) is 8.03. The lowest BCUT2D eigenvalue weighted by atomic mass is 10.0. The molecule has 0 saturated heterocycles. The van der Waals surface area contributed by atoms with Gasteiger partial charge in [-0.1, -0.05) is 44.2 Å². The van der Waals surface area contributed by atoms with Gasteiger partial charge in [-0.05, 0) is 76.0 Å². The molecule has 0 radical (unpaired) electrons. The largest absolute Gasteiger partial charge is 0.493 e. The average molecular weight is 571 g/mol. The van der Waals surface area contributed by atoms with Crippen molar-refractivity contribution < 1.29 is 23.4 Å². The summed E-state index contributed by atoms with van der Waals surface area (Å²) >= 11 is 2.12. The van der Waals surface area contributed by atoms with Gasteiger partial charge in [-0.3, -0.25) is 0 Å². The Balaban J connectivity index is 1.58. The van der Waals surface area contributed by atoms with E-state index in [-0.39, 0.29) is 24.0 Å². The first-order valence-corrected chi connectivity index (χ1v) is 11.8. The van der Waals surface area contributed by atoms with Gasteiger partial charge < -0.3 is 14.2 Å². The molecule has 0 atom stereocenters. The Morgan fingerprint density at radius 3 is 2.53 bits per heavy atom. The van der Waals surface area contributed by atoms with Crippen molar-refractivity contribution >= 4 is 40.5 Å². The van der Waals surface area contributed by atoms with Crippen LogP contribution in [-0.2, 0) is 16.1 Å².